The molecule has 53 heavy (non-hydrogen) atoms. The third-order valence-electron chi connectivity index (χ3n) is 11.1. The van der Waals surface area contributed by atoms with Crippen LogP contribution in [0.25, 0.3) is 0 Å². The number of carbonyl (C=O) groups is 2. The first-order chi connectivity index (χ1) is 25.8. The van der Waals surface area contributed by atoms with Gasteiger partial charge in [0.05, 0.1) is 5.41 Å². The second kappa shape index (κ2) is 37.9. The first-order valence-electron chi connectivity index (χ1n) is 23.3. The van der Waals surface area contributed by atoms with Gasteiger partial charge in [-0.2, -0.15) is 0 Å². The Morgan fingerprint density at radius 3 is 1.06 bits per heavy atom. The van der Waals surface area contributed by atoms with Crippen molar-refractivity contribution in [2.45, 2.75) is 246 Å². The van der Waals surface area contributed by atoms with Gasteiger partial charge in [0.15, 0.2) is 0 Å². The van der Waals surface area contributed by atoms with Crippen molar-refractivity contribution in [2.24, 2.45) is 11.1 Å². The zero-order valence-electron chi connectivity index (χ0n) is 36.3. The summed E-state index contributed by atoms with van der Waals surface area (Å²) in [5.74, 6) is -0.372. The predicted octanol–water partition coefficient (Wildman–Crippen LogP) is 13.1. The smallest absolute Gasteiger partial charge is 0.374 e. The van der Waals surface area contributed by atoms with E-state index in [1.54, 1.807) is 0 Å². The van der Waals surface area contributed by atoms with Crippen LogP contribution in [0, 0.1) is 5.41 Å². The molecule has 0 aromatic carbocycles. The van der Waals surface area contributed by atoms with E-state index in [0.29, 0.717) is 51.7 Å². The van der Waals surface area contributed by atoms with Crippen LogP contribution >= 0.6 is 0 Å². The average Bonchev–Trinajstić information content (AvgIpc) is 3.13. The topological polar surface area (TPSA) is 99.9 Å². The molecule has 7 nitrogen and oxygen atoms in total. The molecule has 0 aliphatic carbocycles. The molecule has 2 amide bonds. The summed E-state index contributed by atoms with van der Waals surface area (Å²) in [4.78, 5) is 26.5. The van der Waals surface area contributed by atoms with Crippen molar-refractivity contribution < 1.29 is 22.9 Å². The number of hydrogen-bond donors (Lipinski definition) is 2. The third-order valence-corrected chi connectivity index (χ3v) is 14.3. The minimum Gasteiger partial charge on any atom is -0.374 e. The highest BCUT2D eigenvalue weighted by molar-refractivity contribution is 6.60. The second-order valence-electron chi connectivity index (χ2n) is 15.9. The molecule has 0 aliphatic heterocycles. The standard InChI is InChI=1S/C45H92N2O5Si/c1-6-11-13-15-17-19-21-23-25-27-29-31-33-35-38-45(44(46)49,39-36-34-32-30-28-26-24-22-20-18-16-14-12-7-2)42-43(48)47-40-37-41-53(50-8-3,51-9-4)52-10-5/h6-42H2,1-5H3,(H2,46,49)(H,47,48). The Hall–Kier alpha value is -0.963. The lowest BCUT2D eigenvalue weighted by atomic mass is 9.74. The van der Waals surface area contributed by atoms with Crippen LogP contribution in [-0.2, 0) is 22.9 Å². The molecule has 0 saturated heterocycles. The summed E-state index contributed by atoms with van der Waals surface area (Å²) >= 11 is 0. The van der Waals surface area contributed by atoms with Crippen molar-refractivity contribution in [3.63, 3.8) is 0 Å². The SMILES string of the molecule is CCCCCCCCCCCCCCCCC(CCCCCCCCCCCCCCCC)(CC(=O)NCCC[Si](OCC)(OCC)OCC)C(N)=O. The molecule has 0 aromatic rings. The van der Waals surface area contributed by atoms with E-state index in [1.165, 1.54) is 154 Å². The highest BCUT2D eigenvalue weighted by atomic mass is 28.4. The Kier molecular flexibility index (Phi) is 37.2. The van der Waals surface area contributed by atoms with Crippen LogP contribution in [0.5, 0.6) is 0 Å². The maximum atomic E-state index is 13.4. The largest absolute Gasteiger partial charge is 0.500 e. The van der Waals surface area contributed by atoms with Crippen molar-refractivity contribution in [1.82, 2.24) is 5.32 Å². The van der Waals surface area contributed by atoms with Gasteiger partial charge in [0.2, 0.25) is 11.8 Å². The lowest BCUT2D eigenvalue weighted by Gasteiger charge is -2.31. The monoisotopic (exact) mass is 769 g/mol. The molecule has 8 heteroatoms. The van der Waals surface area contributed by atoms with Gasteiger partial charge in [-0.05, 0) is 40.0 Å². The molecule has 316 valence electrons. The van der Waals surface area contributed by atoms with E-state index in [2.05, 4.69) is 19.2 Å². The summed E-state index contributed by atoms with van der Waals surface area (Å²) in [7, 11) is -2.75. The molecule has 0 bridgehead atoms. The number of nitrogens with one attached hydrogen (secondary N) is 1. The number of amides is 2. The molecule has 0 heterocycles. The minimum absolute atomic E-state index is 0.0731. The summed E-state index contributed by atoms with van der Waals surface area (Å²) in [5, 5.41) is 3.10. The van der Waals surface area contributed by atoms with E-state index in [1.807, 2.05) is 20.8 Å². The fraction of sp³-hybridized carbons (Fsp3) is 0.956. The van der Waals surface area contributed by atoms with Gasteiger partial charge in [-0.3, -0.25) is 9.59 Å². The molecule has 0 spiro atoms. The van der Waals surface area contributed by atoms with Gasteiger partial charge in [-0.25, -0.2) is 0 Å². The summed E-state index contributed by atoms with van der Waals surface area (Å²) in [6.07, 6.45) is 38.7. The predicted molar refractivity (Wildman–Crippen MR) is 229 cm³/mol. The highest BCUT2D eigenvalue weighted by Crippen LogP contribution is 2.36. The maximum absolute atomic E-state index is 13.4. The summed E-state index contributed by atoms with van der Waals surface area (Å²) in [6, 6.07) is 0.655. The fourth-order valence-electron chi connectivity index (χ4n) is 7.85. The van der Waals surface area contributed by atoms with Crippen molar-refractivity contribution in [3.05, 3.63) is 0 Å². The van der Waals surface area contributed by atoms with Gasteiger partial charge < -0.3 is 24.3 Å². The number of unbranched alkanes of at least 4 members (excludes halogenated alkanes) is 26. The summed E-state index contributed by atoms with van der Waals surface area (Å²) < 4.78 is 17.9. The third kappa shape index (κ3) is 29.9. The van der Waals surface area contributed by atoms with Crippen LogP contribution < -0.4 is 11.1 Å². The number of hydrogen-bond acceptors (Lipinski definition) is 5. The van der Waals surface area contributed by atoms with Crippen molar-refractivity contribution in [2.75, 3.05) is 26.4 Å². The molecule has 0 rings (SSSR count). The molecule has 0 unspecified atom stereocenters. The van der Waals surface area contributed by atoms with Gasteiger partial charge in [0.1, 0.15) is 0 Å². The zero-order valence-corrected chi connectivity index (χ0v) is 37.3. The van der Waals surface area contributed by atoms with E-state index in [0.717, 1.165) is 25.7 Å². The van der Waals surface area contributed by atoms with E-state index in [4.69, 9.17) is 19.0 Å². The number of rotatable bonds is 43. The summed E-state index contributed by atoms with van der Waals surface area (Å²) in [6.45, 7) is 12.6. The average molecular weight is 769 g/mol. The molecule has 0 aliphatic rings. The van der Waals surface area contributed by atoms with E-state index in [-0.39, 0.29) is 18.2 Å². The maximum Gasteiger partial charge on any atom is 0.500 e. The molecular weight excluding hydrogens is 677 g/mol. The first kappa shape index (κ1) is 52.0. The van der Waals surface area contributed by atoms with Gasteiger partial charge in [0.25, 0.3) is 0 Å². The van der Waals surface area contributed by atoms with Crippen LogP contribution in [0.15, 0.2) is 0 Å². The van der Waals surface area contributed by atoms with E-state index < -0.39 is 14.2 Å². The normalized spacial score (nSPS) is 12.1. The first-order valence-corrected chi connectivity index (χ1v) is 25.3. The Balaban J connectivity index is 4.80. The molecule has 0 aromatic heterocycles. The zero-order chi connectivity index (χ0) is 39.1. The molecule has 0 saturated carbocycles. The van der Waals surface area contributed by atoms with Gasteiger partial charge in [0, 0.05) is 38.8 Å². The summed E-state index contributed by atoms with van der Waals surface area (Å²) in [5.41, 5.74) is 5.41. The van der Waals surface area contributed by atoms with Crippen LogP contribution in [-0.4, -0.2) is 47.0 Å². The van der Waals surface area contributed by atoms with Crippen molar-refractivity contribution >= 4 is 20.6 Å². The van der Waals surface area contributed by atoms with E-state index in [9.17, 15) is 9.59 Å². The highest BCUT2D eigenvalue weighted by Gasteiger charge is 2.40. The molecular formula is C45H92N2O5Si. The second-order valence-corrected chi connectivity index (χ2v) is 18.7. The Morgan fingerprint density at radius 1 is 0.472 bits per heavy atom. The van der Waals surface area contributed by atoms with Gasteiger partial charge in [-0.15, -0.1) is 0 Å². The minimum atomic E-state index is -2.75. The van der Waals surface area contributed by atoms with Crippen LogP contribution in [0.3, 0.4) is 0 Å². The fourth-order valence-corrected chi connectivity index (χ4v) is 10.5. The van der Waals surface area contributed by atoms with Crippen LogP contribution in [0.2, 0.25) is 6.04 Å². The van der Waals surface area contributed by atoms with Crippen molar-refractivity contribution in [3.8, 4) is 0 Å². The molecule has 0 radical (unpaired) electrons. The Bertz CT molecular complexity index is 765. The lowest BCUT2D eigenvalue weighted by Crippen LogP contribution is -2.46. The van der Waals surface area contributed by atoms with Gasteiger partial charge in [-0.1, -0.05) is 194 Å². The van der Waals surface area contributed by atoms with Gasteiger partial charge >= 0.3 is 8.80 Å². The van der Waals surface area contributed by atoms with Crippen LogP contribution in [0.1, 0.15) is 240 Å². The Labute approximate surface area is 331 Å². The van der Waals surface area contributed by atoms with Crippen LogP contribution in [0.4, 0.5) is 0 Å². The lowest BCUT2D eigenvalue weighted by molar-refractivity contribution is -0.135. The molecule has 3 N–H and O–H groups in total. The van der Waals surface area contributed by atoms with Crippen molar-refractivity contribution in [1.29, 1.82) is 0 Å². The Morgan fingerprint density at radius 2 is 0.774 bits per heavy atom. The van der Waals surface area contributed by atoms with E-state index >= 15 is 0 Å². The number of nitrogens with two attached hydrogens (primary N) is 1. The molecule has 0 fully saturated rings. The molecule has 0 atom stereocenters. The number of carbonyl (C=O) groups excluding carboxylic acids is 2. The number of primary amides is 1. The quantitative estimate of drug-likeness (QED) is 0.0475.